The zero-order valence-corrected chi connectivity index (χ0v) is 13.6. The van der Waals surface area contributed by atoms with Crippen molar-refractivity contribution in [2.24, 2.45) is 5.92 Å². The summed E-state index contributed by atoms with van der Waals surface area (Å²) in [5.41, 5.74) is 3.94. The molecular formula is C19H19N5. The molecule has 0 radical (unpaired) electrons. The zero-order chi connectivity index (χ0) is 16.4. The van der Waals surface area contributed by atoms with Crippen LogP contribution in [-0.4, -0.2) is 19.9 Å². The number of nitrogens with one attached hydrogen (secondary N) is 1. The van der Waals surface area contributed by atoms with Crippen LogP contribution in [0.4, 0.5) is 5.95 Å². The van der Waals surface area contributed by atoms with Crippen LogP contribution in [0, 0.1) is 12.8 Å². The van der Waals surface area contributed by atoms with Crippen LogP contribution in [-0.2, 0) is 0 Å². The number of aromatic nitrogens is 4. The zero-order valence-electron chi connectivity index (χ0n) is 13.6. The van der Waals surface area contributed by atoms with Crippen molar-refractivity contribution in [3.05, 3.63) is 66.2 Å². The van der Waals surface area contributed by atoms with Crippen molar-refractivity contribution < 1.29 is 0 Å². The molecule has 4 rings (SSSR count). The molecule has 3 aromatic rings. The van der Waals surface area contributed by atoms with Crippen molar-refractivity contribution in [2.75, 3.05) is 5.32 Å². The highest BCUT2D eigenvalue weighted by Gasteiger charge is 2.33. The third kappa shape index (κ3) is 3.25. The molecule has 0 unspecified atom stereocenters. The molecule has 0 spiro atoms. The summed E-state index contributed by atoms with van der Waals surface area (Å²) in [6.07, 6.45) is 7.84. The van der Waals surface area contributed by atoms with Crippen LogP contribution in [0.1, 0.15) is 30.1 Å². The normalized spacial score (nSPS) is 15.0. The van der Waals surface area contributed by atoms with Crippen LogP contribution in [0.25, 0.3) is 11.4 Å². The van der Waals surface area contributed by atoms with Crippen molar-refractivity contribution >= 4 is 5.95 Å². The fourth-order valence-corrected chi connectivity index (χ4v) is 2.82. The number of nitrogens with zero attached hydrogens (tertiary/aromatic N) is 4. The summed E-state index contributed by atoms with van der Waals surface area (Å²) in [6, 6.07) is 12.0. The summed E-state index contributed by atoms with van der Waals surface area (Å²) >= 11 is 0. The summed E-state index contributed by atoms with van der Waals surface area (Å²) < 4.78 is 0. The van der Waals surface area contributed by atoms with E-state index in [2.05, 4.69) is 38.2 Å². The molecule has 0 amide bonds. The second kappa shape index (κ2) is 6.35. The van der Waals surface area contributed by atoms with Gasteiger partial charge in [0.15, 0.2) is 0 Å². The highest BCUT2D eigenvalue weighted by Crippen LogP contribution is 2.42. The quantitative estimate of drug-likeness (QED) is 0.775. The first-order valence-corrected chi connectivity index (χ1v) is 8.23. The summed E-state index contributed by atoms with van der Waals surface area (Å²) in [5.74, 6) is 1.22. The molecule has 24 heavy (non-hydrogen) atoms. The van der Waals surface area contributed by atoms with Gasteiger partial charge < -0.3 is 5.32 Å². The average Bonchev–Trinajstić information content (AvgIpc) is 3.46. The molecule has 0 aliphatic heterocycles. The molecule has 1 fully saturated rings. The van der Waals surface area contributed by atoms with E-state index in [4.69, 9.17) is 0 Å². The van der Waals surface area contributed by atoms with E-state index in [0.717, 1.165) is 17.1 Å². The predicted octanol–water partition coefficient (Wildman–Crippen LogP) is 3.81. The number of hydrogen-bond acceptors (Lipinski definition) is 5. The van der Waals surface area contributed by atoms with Crippen molar-refractivity contribution in [3.8, 4) is 11.4 Å². The van der Waals surface area contributed by atoms with Crippen LogP contribution < -0.4 is 5.32 Å². The minimum absolute atomic E-state index is 0.156. The van der Waals surface area contributed by atoms with E-state index in [9.17, 15) is 0 Å². The van der Waals surface area contributed by atoms with Gasteiger partial charge in [-0.2, -0.15) is 0 Å². The molecule has 1 atom stereocenters. The first-order valence-electron chi connectivity index (χ1n) is 8.23. The highest BCUT2D eigenvalue weighted by molar-refractivity contribution is 5.55. The lowest BCUT2D eigenvalue weighted by atomic mass is 10.1. The maximum atomic E-state index is 4.63. The number of aryl methyl sites for hydroxylation is 1. The Labute approximate surface area is 141 Å². The topological polar surface area (TPSA) is 63.6 Å². The lowest BCUT2D eigenvalue weighted by Crippen LogP contribution is -2.16. The van der Waals surface area contributed by atoms with Gasteiger partial charge >= 0.3 is 0 Å². The number of pyridine rings is 2. The summed E-state index contributed by atoms with van der Waals surface area (Å²) in [6.45, 7) is 2.09. The van der Waals surface area contributed by atoms with Crippen molar-refractivity contribution in [1.29, 1.82) is 0 Å². The fourth-order valence-electron chi connectivity index (χ4n) is 2.82. The molecule has 1 aliphatic carbocycles. The van der Waals surface area contributed by atoms with E-state index < -0.39 is 0 Å². The van der Waals surface area contributed by atoms with Gasteiger partial charge in [-0.25, -0.2) is 9.97 Å². The maximum absolute atomic E-state index is 4.63. The van der Waals surface area contributed by atoms with E-state index >= 15 is 0 Å². The van der Waals surface area contributed by atoms with Gasteiger partial charge in [-0.15, -0.1) is 0 Å². The first kappa shape index (κ1) is 14.8. The van der Waals surface area contributed by atoms with Gasteiger partial charge in [0.25, 0.3) is 0 Å². The van der Waals surface area contributed by atoms with Crippen LogP contribution in [0.5, 0.6) is 0 Å². The Hall–Kier alpha value is -2.82. The highest BCUT2D eigenvalue weighted by atomic mass is 15.1. The lowest BCUT2D eigenvalue weighted by molar-refractivity contribution is 0.651. The number of anilines is 1. The molecular weight excluding hydrogens is 298 g/mol. The molecule has 120 valence electrons. The minimum Gasteiger partial charge on any atom is -0.346 e. The third-order valence-corrected chi connectivity index (χ3v) is 4.22. The third-order valence-electron chi connectivity index (χ3n) is 4.22. The van der Waals surface area contributed by atoms with Gasteiger partial charge in [0.1, 0.15) is 0 Å². The SMILES string of the molecule is Cc1ccnc([C@H](Nc2nccc(-c3ccccn3)n2)C2CC2)c1. The molecule has 5 heteroatoms. The Kier molecular flexibility index (Phi) is 3.91. The Morgan fingerprint density at radius 2 is 1.83 bits per heavy atom. The molecule has 1 saturated carbocycles. The van der Waals surface area contributed by atoms with Crippen LogP contribution in [0.3, 0.4) is 0 Å². The van der Waals surface area contributed by atoms with Crippen molar-refractivity contribution in [3.63, 3.8) is 0 Å². The Morgan fingerprint density at radius 1 is 0.958 bits per heavy atom. The predicted molar refractivity (Wildman–Crippen MR) is 93.3 cm³/mol. The minimum atomic E-state index is 0.156. The van der Waals surface area contributed by atoms with Gasteiger partial charge in [0.05, 0.1) is 23.1 Å². The standard InChI is InChI=1S/C19H19N5/c1-13-7-10-21-17(12-13)18(14-5-6-14)24-19-22-11-8-16(23-19)15-4-2-3-9-20-15/h2-4,7-12,14,18H,5-6H2,1H3,(H,22,23,24)/t18-/m1/s1. The van der Waals surface area contributed by atoms with Crippen LogP contribution in [0.15, 0.2) is 55.0 Å². The molecule has 0 saturated heterocycles. The van der Waals surface area contributed by atoms with Gasteiger partial charge in [0, 0.05) is 18.6 Å². The van der Waals surface area contributed by atoms with Gasteiger partial charge in [0.2, 0.25) is 5.95 Å². The molecule has 1 N–H and O–H groups in total. The van der Waals surface area contributed by atoms with Crippen molar-refractivity contribution in [1.82, 2.24) is 19.9 Å². The summed E-state index contributed by atoms with van der Waals surface area (Å²) in [5, 5.41) is 3.48. The fraction of sp³-hybridized carbons (Fsp3) is 0.263. The van der Waals surface area contributed by atoms with E-state index in [1.54, 1.807) is 12.4 Å². The van der Waals surface area contributed by atoms with Crippen LogP contribution in [0.2, 0.25) is 0 Å². The Bertz CT molecular complexity index is 830. The molecule has 3 heterocycles. The molecule has 3 aromatic heterocycles. The molecule has 1 aliphatic rings. The van der Waals surface area contributed by atoms with Gasteiger partial charge in [-0.1, -0.05) is 6.07 Å². The number of rotatable bonds is 5. The molecule has 0 bridgehead atoms. The summed E-state index contributed by atoms with van der Waals surface area (Å²) in [4.78, 5) is 17.9. The summed E-state index contributed by atoms with van der Waals surface area (Å²) in [7, 11) is 0. The van der Waals surface area contributed by atoms with E-state index in [-0.39, 0.29) is 6.04 Å². The van der Waals surface area contributed by atoms with Gasteiger partial charge in [-0.05, 0) is 61.6 Å². The van der Waals surface area contributed by atoms with E-state index in [0.29, 0.717) is 11.9 Å². The van der Waals surface area contributed by atoms with Crippen molar-refractivity contribution in [2.45, 2.75) is 25.8 Å². The largest absolute Gasteiger partial charge is 0.346 e. The molecule has 0 aromatic carbocycles. The Morgan fingerprint density at radius 3 is 2.58 bits per heavy atom. The average molecular weight is 317 g/mol. The smallest absolute Gasteiger partial charge is 0.223 e. The van der Waals surface area contributed by atoms with E-state index in [1.807, 2.05) is 36.5 Å². The Balaban J connectivity index is 1.61. The maximum Gasteiger partial charge on any atom is 0.223 e. The first-order chi connectivity index (χ1) is 11.8. The lowest BCUT2D eigenvalue weighted by Gasteiger charge is -2.18. The van der Waals surface area contributed by atoms with Gasteiger partial charge in [-0.3, -0.25) is 9.97 Å². The number of hydrogen-bond donors (Lipinski definition) is 1. The molecule has 5 nitrogen and oxygen atoms in total. The van der Waals surface area contributed by atoms with E-state index in [1.165, 1.54) is 18.4 Å². The van der Waals surface area contributed by atoms with Crippen LogP contribution >= 0.6 is 0 Å². The second-order valence-corrected chi connectivity index (χ2v) is 6.20. The second-order valence-electron chi connectivity index (χ2n) is 6.20. The monoisotopic (exact) mass is 317 g/mol.